The van der Waals surface area contributed by atoms with Gasteiger partial charge in [-0.25, -0.2) is 0 Å². The molecular weight excluding hydrogens is 285 g/mol. The summed E-state index contributed by atoms with van der Waals surface area (Å²) in [7, 11) is -1.69. The third-order valence-corrected chi connectivity index (χ3v) is 9.01. The van der Waals surface area contributed by atoms with Gasteiger partial charge in [0.1, 0.15) is 23.2 Å². The van der Waals surface area contributed by atoms with E-state index in [2.05, 4.69) is 91.6 Å². The molecule has 2 aromatic carbocycles. The number of hydrogen-bond acceptors (Lipinski definition) is 1. The summed E-state index contributed by atoms with van der Waals surface area (Å²) in [6, 6.07) is 26.1. The molecule has 0 amide bonds. The van der Waals surface area contributed by atoms with E-state index < -0.39 is 7.26 Å². The lowest BCUT2D eigenvalue weighted by Crippen LogP contribution is -2.36. The highest BCUT2D eigenvalue weighted by molar-refractivity contribution is 7.96. The first-order valence-corrected chi connectivity index (χ1v) is 9.52. The molecule has 0 aliphatic carbocycles. The summed E-state index contributed by atoms with van der Waals surface area (Å²) in [5, 5.41) is 4.19. The minimum atomic E-state index is -1.69. The smallest absolute Gasteiger partial charge is 0.123 e. The molecule has 1 aromatic heterocycles. The van der Waals surface area contributed by atoms with Crippen molar-refractivity contribution >= 4 is 23.2 Å². The van der Waals surface area contributed by atoms with Gasteiger partial charge in [-0.15, -0.1) is 0 Å². The van der Waals surface area contributed by atoms with Crippen molar-refractivity contribution in [3.8, 4) is 0 Å². The van der Waals surface area contributed by atoms with E-state index in [0.717, 1.165) is 0 Å². The molecule has 0 radical (unpaired) electrons. The van der Waals surface area contributed by atoms with E-state index in [0.29, 0.717) is 5.66 Å². The topological polar surface area (TPSA) is 12.9 Å². The SMILES string of the molecule is CC(C)[P+](c1ccccc1)(c1ccccc1)c1cccnc1. The Bertz CT molecular complexity index is 612. The molecular formula is C20H21NP+. The van der Waals surface area contributed by atoms with Crippen LogP contribution in [0.3, 0.4) is 0 Å². The van der Waals surface area contributed by atoms with Crippen LogP contribution in [0.2, 0.25) is 0 Å². The molecule has 3 rings (SSSR count). The Morgan fingerprint density at radius 2 is 1.18 bits per heavy atom. The second-order valence-corrected chi connectivity index (χ2v) is 9.73. The number of aromatic nitrogens is 1. The van der Waals surface area contributed by atoms with Gasteiger partial charge in [-0.1, -0.05) is 36.4 Å². The minimum Gasteiger partial charge on any atom is -0.261 e. The predicted molar refractivity (Wildman–Crippen MR) is 98.1 cm³/mol. The molecule has 0 atom stereocenters. The van der Waals surface area contributed by atoms with Crippen molar-refractivity contribution in [2.45, 2.75) is 19.5 Å². The Labute approximate surface area is 133 Å². The van der Waals surface area contributed by atoms with Crippen LogP contribution in [-0.4, -0.2) is 10.6 Å². The highest BCUT2D eigenvalue weighted by atomic mass is 31.2. The number of benzene rings is 2. The second kappa shape index (κ2) is 6.42. The molecule has 0 N–H and O–H groups in total. The fraction of sp³-hybridized carbons (Fsp3) is 0.150. The fourth-order valence-corrected chi connectivity index (χ4v) is 7.77. The maximum Gasteiger partial charge on any atom is 0.123 e. The van der Waals surface area contributed by atoms with Gasteiger partial charge in [0.25, 0.3) is 0 Å². The molecule has 0 fully saturated rings. The predicted octanol–water partition coefficient (Wildman–Crippen LogP) is 3.78. The molecule has 2 heteroatoms. The lowest BCUT2D eigenvalue weighted by atomic mass is 10.4. The summed E-state index contributed by atoms with van der Waals surface area (Å²) in [4.78, 5) is 4.41. The van der Waals surface area contributed by atoms with Gasteiger partial charge in [0.05, 0.1) is 11.9 Å². The van der Waals surface area contributed by atoms with Crippen LogP contribution in [0, 0.1) is 0 Å². The molecule has 0 bridgehead atoms. The second-order valence-electron chi connectivity index (χ2n) is 5.70. The number of pyridine rings is 1. The first-order chi connectivity index (χ1) is 10.8. The molecule has 0 aliphatic heterocycles. The van der Waals surface area contributed by atoms with E-state index >= 15 is 0 Å². The Morgan fingerprint density at radius 1 is 0.682 bits per heavy atom. The van der Waals surface area contributed by atoms with Gasteiger partial charge in [-0.05, 0) is 50.2 Å². The van der Waals surface area contributed by atoms with Gasteiger partial charge in [-0.2, -0.15) is 0 Å². The minimum absolute atomic E-state index is 0.515. The molecule has 1 heterocycles. The highest BCUT2D eigenvalue weighted by Crippen LogP contribution is 2.59. The number of hydrogen-bond donors (Lipinski definition) is 0. The van der Waals surface area contributed by atoms with Crippen LogP contribution in [-0.2, 0) is 0 Å². The van der Waals surface area contributed by atoms with E-state index in [4.69, 9.17) is 0 Å². The Balaban J connectivity index is 2.34. The summed E-state index contributed by atoms with van der Waals surface area (Å²) in [6.07, 6.45) is 3.91. The third kappa shape index (κ3) is 2.46. The molecule has 0 unspecified atom stereocenters. The average molecular weight is 306 g/mol. The zero-order valence-electron chi connectivity index (χ0n) is 13.1. The maximum absolute atomic E-state index is 4.41. The zero-order chi connectivity index (χ0) is 15.4. The largest absolute Gasteiger partial charge is 0.261 e. The van der Waals surface area contributed by atoms with Crippen molar-refractivity contribution in [3.05, 3.63) is 85.2 Å². The molecule has 0 aliphatic rings. The van der Waals surface area contributed by atoms with Crippen LogP contribution in [0.1, 0.15) is 13.8 Å². The van der Waals surface area contributed by atoms with Crippen LogP contribution >= 0.6 is 7.26 Å². The van der Waals surface area contributed by atoms with E-state index in [9.17, 15) is 0 Å². The van der Waals surface area contributed by atoms with Crippen molar-refractivity contribution in [2.24, 2.45) is 0 Å². The van der Waals surface area contributed by atoms with Crippen LogP contribution in [0.25, 0.3) is 0 Å². The molecule has 0 saturated heterocycles. The van der Waals surface area contributed by atoms with E-state index in [1.54, 1.807) is 0 Å². The van der Waals surface area contributed by atoms with E-state index in [-0.39, 0.29) is 0 Å². The quantitative estimate of drug-likeness (QED) is 0.668. The standard InChI is InChI=1S/C20H21NP/c1-17(2)22(18-10-5-3-6-11-18,19-12-7-4-8-13-19)20-14-9-15-21-16-20/h3-17H,1-2H3/q+1. The first kappa shape index (κ1) is 14.9. The first-order valence-electron chi connectivity index (χ1n) is 7.67. The summed E-state index contributed by atoms with van der Waals surface area (Å²) in [6.45, 7) is 4.67. The fourth-order valence-electron chi connectivity index (χ4n) is 3.23. The molecule has 110 valence electrons. The summed E-state index contributed by atoms with van der Waals surface area (Å²) >= 11 is 0. The summed E-state index contributed by atoms with van der Waals surface area (Å²) in [5.41, 5.74) is 0.515. The van der Waals surface area contributed by atoms with Crippen LogP contribution < -0.4 is 15.9 Å². The third-order valence-electron chi connectivity index (χ3n) is 4.15. The lowest BCUT2D eigenvalue weighted by molar-refractivity contribution is 1.09. The Kier molecular flexibility index (Phi) is 4.36. The van der Waals surface area contributed by atoms with Gasteiger partial charge in [0.2, 0.25) is 0 Å². The number of rotatable bonds is 4. The van der Waals surface area contributed by atoms with Crippen LogP contribution in [0.5, 0.6) is 0 Å². The molecule has 22 heavy (non-hydrogen) atoms. The average Bonchev–Trinajstić information content (AvgIpc) is 2.58. The molecule has 1 nitrogen and oxygen atoms in total. The van der Waals surface area contributed by atoms with Gasteiger partial charge in [-0.3, -0.25) is 4.98 Å². The molecule has 0 saturated carbocycles. The van der Waals surface area contributed by atoms with Crippen molar-refractivity contribution < 1.29 is 0 Å². The van der Waals surface area contributed by atoms with Crippen molar-refractivity contribution in [1.29, 1.82) is 0 Å². The van der Waals surface area contributed by atoms with E-state index in [1.165, 1.54) is 15.9 Å². The van der Waals surface area contributed by atoms with Gasteiger partial charge in [0.15, 0.2) is 0 Å². The Hall–Kier alpha value is -1.98. The normalized spacial score (nSPS) is 11.6. The summed E-state index contributed by atoms with van der Waals surface area (Å²) in [5.74, 6) is 0. The van der Waals surface area contributed by atoms with Crippen LogP contribution in [0.15, 0.2) is 85.2 Å². The van der Waals surface area contributed by atoms with Gasteiger partial charge in [0, 0.05) is 6.20 Å². The summed E-state index contributed by atoms with van der Waals surface area (Å²) < 4.78 is 0. The van der Waals surface area contributed by atoms with Crippen molar-refractivity contribution in [2.75, 3.05) is 0 Å². The maximum atomic E-state index is 4.41. The highest BCUT2D eigenvalue weighted by Gasteiger charge is 2.48. The Morgan fingerprint density at radius 3 is 1.59 bits per heavy atom. The molecule has 0 spiro atoms. The van der Waals surface area contributed by atoms with Crippen LogP contribution in [0.4, 0.5) is 0 Å². The molecule has 3 aromatic rings. The van der Waals surface area contributed by atoms with Gasteiger partial charge < -0.3 is 0 Å². The monoisotopic (exact) mass is 306 g/mol. The number of nitrogens with zero attached hydrogens (tertiary/aromatic N) is 1. The van der Waals surface area contributed by atoms with Gasteiger partial charge >= 0.3 is 0 Å². The lowest BCUT2D eigenvalue weighted by Gasteiger charge is -2.30. The van der Waals surface area contributed by atoms with Crippen molar-refractivity contribution in [1.82, 2.24) is 4.98 Å². The van der Waals surface area contributed by atoms with Crippen molar-refractivity contribution in [3.63, 3.8) is 0 Å². The zero-order valence-corrected chi connectivity index (χ0v) is 13.9. The van der Waals surface area contributed by atoms with E-state index in [1.807, 2.05) is 12.4 Å².